The average Bonchev–Trinajstić information content (AvgIpc) is 2.52. The Morgan fingerprint density at radius 2 is 2.09 bits per heavy atom. The number of nitrogens with zero attached hydrogens (tertiary/aromatic N) is 2. The largest absolute Gasteiger partial charge is 0.348 e. The van der Waals surface area contributed by atoms with Crippen molar-refractivity contribution in [3.8, 4) is 0 Å². The second-order valence-electron chi connectivity index (χ2n) is 5.12. The molecular weight excluding hydrogens is 321 g/mol. The van der Waals surface area contributed by atoms with Gasteiger partial charge in [-0.3, -0.25) is 4.79 Å². The summed E-state index contributed by atoms with van der Waals surface area (Å²) in [5.41, 5.74) is 0.757. The average molecular weight is 335 g/mol. The van der Waals surface area contributed by atoms with Gasteiger partial charge in [0.25, 0.3) is 15.9 Å². The van der Waals surface area contributed by atoms with Gasteiger partial charge >= 0.3 is 0 Å². The van der Waals surface area contributed by atoms with Crippen LogP contribution in [0.2, 0.25) is 0 Å². The van der Waals surface area contributed by atoms with Gasteiger partial charge in [0.15, 0.2) is 0 Å². The number of benzene rings is 1. The van der Waals surface area contributed by atoms with Crippen molar-refractivity contribution in [1.82, 2.24) is 10.2 Å². The van der Waals surface area contributed by atoms with Gasteiger partial charge in [-0.2, -0.15) is 0 Å². The van der Waals surface area contributed by atoms with Gasteiger partial charge in [-0.25, -0.2) is 12.8 Å². The van der Waals surface area contributed by atoms with Crippen LogP contribution in [0.3, 0.4) is 0 Å². The first-order valence-corrected chi connectivity index (χ1v) is 8.56. The van der Waals surface area contributed by atoms with Crippen LogP contribution >= 0.6 is 0 Å². The van der Waals surface area contributed by atoms with Gasteiger partial charge in [-0.05, 0) is 18.2 Å². The number of hydrogen-bond donors (Lipinski definition) is 1. The zero-order chi connectivity index (χ0) is 16.4. The zero-order valence-electron chi connectivity index (χ0n) is 12.1. The van der Waals surface area contributed by atoms with Crippen LogP contribution in [0.25, 0.3) is 0 Å². The van der Waals surface area contributed by atoms with Crippen molar-refractivity contribution in [3.05, 3.63) is 59.6 Å². The van der Waals surface area contributed by atoms with Gasteiger partial charge in [0.05, 0.1) is 11.3 Å². The van der Waals surface area contributed by atoms with E-state index in [4.69, 9.17) is 0 Å². The predicted octanol–water partition coefficient (Wildman–Crippen LogP) is 0.940. The molecule has 0 unspecified atom stereocenters. The van der Waals surface area contributed by atoms with Gasteiger partial charge < -0.3 is 10.2 Å². The monoisotopic (exact) mass is 335 g/mol. The lowest BCUT2D eigenvalue weighted by molar-refractivity contribution is -0.117. The maximum atomic E-state index is 13.5. The Labute approximate surface area is 133 Å². The summed E-state index contributed by atoms with van der Waals surface area (Å²) in [6.45, 7) is 0.321. The fourth-order valence-corrected chi connectivity index (χ4v) is 3.22. The van der Waals surface area contributed by atoms with Crippen molar-refractivity contribution in [3.63, 3.8) is 0 Å². The molecule has 1 N–H and O–H groups in total. The molecule has 2 aliphatic rings. The molecular formula is C15H14FN3O3S. The maximum absolute atomic E-state index is 13.5. The number of rotatable bonds is 3. The van der Waals surface area contributed by atoms with Crippen molar-refractivity contribution >= 4 is 21.8 Å². The molecule has 0 aliphatic carbocycles. The summed E-state index contributed by atoms with van der Waals surface area (Å²) in [7, 11) is -3.42. The standard InChI is InChI=1S/C15H14FN3O3S/c16-13-4-2-1-3-11(13)9-17-15(20)12-5-6-14-18-23(21,22)8-7-19(14)10-12/h1-6,10H,7-9H2,(H,17,20). The molecule has 2 aliphatic heterocycles. The van der Waals surface area contributed by atoms with Gasteiger partial charge in [0, 0.05) is 24.9 Å². The molecule has 6 nitrogen and oxygen atoms in total. The van der Waals surface area contributed by atoms with Crippen molar-refractivity contribution in [1.29, 1.82) is 0 Å². The molecule has 1 aromatic carbocycles. The number of amidine groups is 1. The fourth-order valence-electron chi connectivity index (χ4n) is 2.25. The van der Waals surface area contributed by atoms with E-state index in [2.05, 4.69) is 9.71 Å². The molecule has 8 heteroatoms. The third kappa shape index (κ3) is 3.48. The highest BCUT2D eigenvalue weighted by Gasteiger charge is 2.24. The van der Waals surface area contributed by atoms with Gasteiger partial charge in [-0.1, -0.05) is 18.2 Å². The number of carbonyl (C=O) groups excluding carboxylic acids is 1. The quantitative estimate of drug-likeness (QED) is 0.892. The van der Waals surface area contributed by atoms with Crippen molar-refractivity contribution in [2.24, 2.45) is 4.40 Å². The summed E-state index contributed by atoms with van der Waals surface area (Å²) in [5.74, 6) is -0.541. The number of sulfonamides is 1. The number of hydrogen-bond acceptors (Lipinski definition) is 4. The van der Waals surface area contributed by atoms with E-state index >= 15 is 0 Å². The molecule has 120 valence electrons. The Hall–Kier alpha value is -2.48. The molecule has 23 heavy (non-hydrogen) atoms. The second kappa shape index (κ2) is 5.96. The molecule has 0 atom stereocenters. The van der Waals surface area contributed by atoms with E-state index in [1.807, 2.05) is 0 Å². The lowest BCUT2D eigenvalue weighted by Crippen LogP contribution is -2.38. The molecule has 1 amide bonds. The first-order chi connectivity index (χ1) is 10.9. The summed E-state index contributed by atoms with van der Waals surface area (Å²) in [4.78, 5) is 13.8. The molecule has 0 bridgehead atoms. The number of amides is 1. The van der Waals surface area contributed by atoms with E-state index in [1.54, 1.807) is 29.3 Å². The Bertz CT molecular complexity index is 843. The Balaban J connectivity index is 1.69. The van der Waals surface area contributed by atoms with E-state index in [9.17, 15) is 17.6 Å². The van der Waals surface area contributed by atoms with E-state index in [0.717, 1.165) is 0 Å². The van der Waals surface area contributed by atoms with Crippen molar-refractivity contribution in [2.75, 3.05) is 12.3 Å². The number of carbonyl (C=O) groups is 1. The molecule has 0 radical (unpaired) electrons. The lowest BCUT2D eigenvalue weighted by Gasteiger charge is -2.26. The van der Waals surface area contributed by atoms with Crippen LogP contribution in [0.5, 0.6) is 0 Å². The van der Waals surface area contributed by atoms with Gasteiger partial charge in [0.2, 0.25) is 0 Å². The van der Waals surface area contributed by atoms with Gasteiger partial charge in [-0.15, -0.1) is 4.40 Å². The Morgan fingerprint density at radius 1 is 1.30 bits per heavy atom. The third-order valence-corrected chi connectivity index (χ3v) is 4.65. The lowest BCUT2D eigenvalue weighted by atomic mass is 10.1. The minimum atomic E-state index is -3.42. The van der Waals surface area contributed by atoms with Crippen LogP contribution in [0.15, 0.2) is 52.6 Å². The van der Waals surface area contributed by atoms with E-state index < -0.39 is 10.0 Å². The SMILES string of the molecule is O=C(NCc1ccccc1F)C1=CN2CCS(=O)(=O)N=C2C=C1. The second-order valence-corrected chi connectivity index (χ2v) is 6.88. The Kier molecular flexibility index (Phi) is 3.99. The molecule has 2 heterocycles. The Morgan fingerprint density at radius 3 is 2.87 bits per heavy atom. The molecule has 0 saturated carbocycles. The predicted molar refractivity (Wildman–Crippen MR) is 83.4 cm³/mol. The fraction of sp³-hybridized carbons (Fsp3) is 0.200. The van der Waals surface area contributed by atoms with E-state index in [1.165, 1.54) is 18.2 Å². The smallest absolute Gasteiger partial charge is 0.256 e. The topological polar surface area (TPSA) is 78.8 Å². The van der Waals surface area contributed by atoms with E-state index in [0.29, 0.717) is 17.0 Å². The van der Waals surface area contributed by atoms with Crippen molar-refractivity contribution < 1.29 is 17.6 Å². The molecule has 3 rings (SSSR count). The van der Waals surface area contributed by atoms with E-state index in [-0.39, 0.29) is 30.6 Å². The number of fused-ring (bicyclic) bond motifs is 1. The summed E-state index contributed by atoms with van der Waals surface area (Å²) < 4.78 is 40.0. The molecule has 0 spiro atoms. The first kappa shape index (κ1) is 15.4. The summed E-state index contributed by atoms with van der Waals surface area (Å²) in [6.07, 6.45) is 4.52. The molecule has 0 fully saturated rings. The van der Waals surface area contributed by atoms with Crippen molar-refractivity contribution in [2.45, 2.75) is 6.54 Å². The minimum absolute atomic E-state index is 0.0754. The molecule has 0 aromatic heterocycles. The minimum Gasteiger partial charge on any atom is -0.348 e. The number of nitrogens with one attached hydrogen (secondary N) is 1. The van der Waals surface area contributed by atoms with Crippen LogP contribution in [-0.2, 0) is 21.4 Å². The van der Waals surface area contributed by atoms with Crippen LogP contribution in [-0.4, -0.2) is 37.4 Å². The molecule has 1 aromatic rings. The third-order valence-electron chi connectivity index (χ3n) is 3.48. The highest BCUT2D eigenvalue weighted by atomic mass is 32.2. The normalized spacial score (nSPS) is 18.7. The highest BCUT2D eigenvalue weighted by molar-refractivity contribution is 7.90. The summed E-state index contributed by atoms with van der Waals surface area (Å²) >= 11 is 0. The van der Waals surface area contributed by atoms with Gasteiger partial charge in [0.1, 0.15) is 11.7 Å². The van der Waals surface area contributed by atoms with Crippen LogP contribution in [0.4, 0.5) is 4.39 Å². The van der Waals surface area contributed by atoms with Crippen LogP contribution in [0, 0.1) is 5.82 Å². The highest BCUT2D eigenvalue weighted by Crippen LogP contribution is 2.16. The summed E-state index contributed by atoms with van der Waals surface area (Å²) in [5, 5.41) is 2.64. The first-order valence-electron chi connectivity index (χ1n) is 6.95. The zero-order valence-corrected chi connectivity index (χ0v) is 12.9. The molecule has 0 saturated heterocycles. The summed E-state index contributed by atoms with van der Waals surface area (Å²) in [6, 6.07) is 6.21. The van der Waals surface area contributed by atoms with Crippen LogP contribution in [0.1, 0.15) is 5.56 Å². The number of halogens is 1. The van der Waals surface area contributed by atoms with Crippen LogP contribution < -0.4 is 5.32 Å². The maximum Gasteiger partial charge on any atom is 0.256 e.